The summed E-state index contributed by atoms with van der Waals surface area (Å²) in [6.45, 7) is 3.49. The van der Waals surface area contributed by atoms with E-state index in [0.717, 1.165) is 0 Å². The summed E-state index contributed by atoms with van der Waals surface area (Å²) >= 11 is 0. The van der Waals surface area contributed by atoms with Gasteiger partial charge in [-0.25, -0.2) is 13.8 Å². The predicted octanol–water partition coefficient (Wildman–Crippen LogP) is 6.75. The van der Waals surface area contributed by atoms with Crippen LogP contribution in [-0.4, -0.2) is 35.9 Å². The van der Waals surface area contributed by atoms with Crippen LogP contribution in [-0.2, 0) is 0 Å². The van der Waals surface area contributed by atoms with Crippen LogP contribution < -0.4 is 15.4 Å². The molecule has 2 N–H and O–H groups in total. The number of benzene rings is 3. The molecule has 1 unspecified atom stereocenters. The van der Waals surface area contributed by atoms with Crippen LogP contribution >= 0.6 is 0 Å². The molecule has 0 fully saturated rings. The van der Waals surface area contributed by atoms with Crippen molar-refractivity contribution in [3.63, 3.8) is 0 Å². The Morgan fingerprint density at radius 1 is 0.955 bits per heavy atom. The Kier molecular flexibility index (Phi) is 7.30. The number of hydrogen-bond acceptors (Lipinski definition) is 7. The van der Waals surface area contributed by atoms with Crippen molar-refractivity contribution < 1.29 is 31.9 Å². The molecule has 0 bridgehead atoms. The summed E-state index contributed by atoms with van der Waals surface area (Å²) in [5, 5.41) is 5.36. The summed E-state index contributed by atoms with van der Waals surface area (Å²) in [7, 11) is 2.86. The standard InChI is InChI=1S/C33H26F2N4O5/c1-16-13-25(42-4)22(31(40)38-17(2)33-39-23-11-12-37-15-26(23)44-33)14-21(16)20-9-10-24-27(29(20)35)28(32(41)36-3)30(43-24)18-5-7-19(34)8-6-18/h5-15,17H,1-4H3,(H,36,41)(H,38,40). The van der Waals surface area contributed by atoms with Crippen LogP contribution in [0.2, 0.25) is 0 Å². The van der Waals surface area contributed by atoms with E-state index in [0.29, 0.717) is 33.7 Å². The number of pyridine rings is 1. The number of aromatic nitrogens is 2. The molecule has 6 aromatic rings. The molecule has 6 rings (SSSR count). The van der Waals surface area contributed by atoms with E-state index in [1.807, 2.05) is 0 Å². The first kappa shape index (κ1) is 28.5. The Bertz CT molecular complexity index is 2030. The number of nitrogens with zero attached hydrogens (tertiary/aromatic N) is 2. The fourth-order valence-corrected chi connectivity index (χ4v) is 5.14. The third-order valence-corrected chi connectivity index (χ3v) is 7.36. The number of furan rings is 1. The molecule has 222 valence electrons. The minimum absolute atomic E-state index is 0.0278. The zero-order valence-electron chi connectivity index (χ0n) is 24.1. The average molecular weight is 597 g/mol. The minimum Gasteiger partial charge on any atom is -0.496 e. The average Bonchev–Trinajstić information content (AvgIpc) is 3.64. The highest BCUT2D eigenvalue weighted by Gasteiger charge is 2.27. The molecule has 3 aromatic carbocycles. The highest BCUT2D eigenvalue weighted by atomic mass is 19.1. The van der Waals surface area contributed by atoms with Gasteiger partial charge >= 0.3 is 0 Å². The Morgan fingerprint density at radius 2 is 1.73 bits per heavy atom. The zero-order valence-corrected chi connectivity index (χ0v) is 24.1. The number of hydrogen-bond donors (Lipinski definition) is 2. The molecular formula is C33H26F2N4O5. The monoisotopic (exact) mass is 596 g/mol. The molecule has 11 heteroatoms. The highest BCUT2D eigenvalue weighted by molar-refractivity contribution is 6.12. The molecule has 0 aliphatic heterocycles. The second-order valence-corrected chi connectivity index (χ2v) is 10.2. The number of aryl methyl sites for hydroxylation is 1. The van der Waals surface area contributed by atoms with Gasteiger partial charge in [0.15, 0.2) is 5.58 Å². The minimum atomic E-state index is -0.716. The Morgan fingerprint density at radius 3 is 2.43 bits per heavy atom. The van der Waals surface area contributed by atoms with Gasteiger partial charge < -0.3 is 24.2 Å². The third kappa shape index (κ3) is 4.91. The first-order chi connectivity index (χ1) is 21.2. The molecule has 44 heavy (non-hydrogen) atoms. The van der Waals surface area contributed by atoms with Crippen molar-refractivity contribution in [2.24, 2.45) is 0 Å². The number of methoxy groups -OCH3 is 1. The first-order valence-corrected chi connectivity index (χ1v) is 13.6. The van der Waals surface area contributed by atoms with E-state index in [1.165, 1.54) is 50.6 Å². The molecule has 0 saturated carbocycles. The molecule has 1 atom stereocenters. The maximum absolute atomic E-state index is 16.5. The second kappa shape index (κ2) is 11.3. The van der Waals surface area contributed by atoms with Gasteiger partial charge in [-0.05, 0) is 79.6 Å². The van der Waals surface area contributed by atoms with Crippen molar-refractivity contribution in [1.29, 1.82) is 0 Å². The summed E-state index contributed by atoms with van der Waals surface area (Å²) in [6, 6.07) is 12.7. The van der Waals surface area contributed by atoms with Crippen molar-refractivity contribution >= 4 is 33.9 Å². The van der Waals surface area contributed by atoms with E-state index in [4.69, 9.17) is 13.6 Å². The van der Waals surface area contributed by atoms with Crippen LogP contribution in [0, 0.1) is 18.6 Å². The van der Waals surface area contributed by atoms with Gasteiger partial charge in [0.2, 0.25) is 5.89 Å². The largest absolute Gasteiger partial charge is 0.496 e. The molecule has 0 radical (unpaired) electrons. The van der Waals surface area contributed by atoms with E-state index in [9.17, 15) is 14.0 Å². The van der Waals surface area contributed by atoms with Crippen LogP contribution in [0.25, 0.3) is 44.5 Å². The number of oxazole rings is 1. The van der Waals surface area contributed by atoms with Crippen LogP contribution in [0.15, 0.2) is 75.8 Å². The number of amides is 2. The summed E-state index contributed by atoms with van der Waals surface area (Å²) in [6.07, 6.45) is 3.14. The number of carbonyl (C=O) groups excluding carboxylic acids is 2. The Hall–Kier alpha value is -5.58. The molecular weight excluding hydrogens is 570 g/mol. The quantitative estimate of drug-likeness (QED) is 0.209. The van der Waals surface area contributed by atoms with Crippen LogP contribution in [0.5, 0.6) is 5.75 Å². The van der Waals surface area contributed by atoms with Gasteiger partial charge in [-0.3, -0.25) is 14.6 Å². The lowest BCUT2D eigenvalue weighted by Gasteiger charge is -2.16. The SMILES string of the molecule is CNC(=O)c1c(-c2ccc(F)cc2)oc2ccc(-c3cc(C(=O)NC(C)c4nc5ccncc5o4)c(OC)cc3C)c(F)c12. The number of halogens is 2. The van der Waals surface area contributed by atoms with Crippen molar-refractivity contribution in [2.75, 3.05) is 14.2 Å². The summed E-state index contributed by atoms with van der Waals surface area (Å²) in [5.41, 5.74) is 2.94. The van der Waals surface area contributed by atoms with E-state index in [1.54, 1.807) is 44.4 Å². The van der Waals surface area contributed by atoms with Crippen molar-refractivity contribution in [3.8, 4) is 28.2 Å². The lowest BCUT2D eigenvalue weighted by molar-refractivity contribution is 0.0929. The maximum Gasteiger partial charge on any atom is 0.255 e. The molecule has 0 aliphatic rings. The summed E-state index contributed by atoms with van der Waals surface area (Å²) < 4.78 is 47.3. The summed E-state index contributed by atoms with van der Waals surface area (Å²) in [5.74, 6) is -1.57. The van der Waals surface area contributed by atoms with E-state index in [-0.39, 0.29) is 39.2 Å². The van der Waals surface area contributed by atoms with Crippen LogP contribution in [0.1, 0.15) is 45.1 Å². The van der Waals surface area contributed by atoms with E-state index in [2.05, 4.69) is 20.6 Å². The first-order valence-electron chi connectivity index (χ1n) is 13.6. The van der Waals surface area contributed by atoms with Gasteiger partial charge in [-0.15, -0.1) is 0 Å². The zero-order chi connectivity index (χ0) is 31.1. The van der Waals surface area contributed by atoms with Gasteiger partial charge in [-0.1, -0.05) is 0 Å². The van der Waals surface area contributed by atoms with E-state index < -0.39 is 29.5 Å². The number of carbonyl (C=O) groups is 2. The van der Waals surface area contributed by atoms with Gasteiger partial charge in [-0.2, -0.15) is 0 Å². The Labute approximate surface area is 249 Å². The molecule has 9 nitrogen and oxygen atoms in total. The van der Waals surface area contributed by atoms with Gasteiger partial charge in [0.25, 0.3) is 11.8 Å². The molecule has 3 aromatic heterocycles. The number of ether oxygens (including phenoxy) is 1. The fraction of sp³-hybridized carbons (Fsp3) is 0.152. The molecule has 0 saturated heterocycles. The smallest absolute Gasteiger partial charge is 0.255 e. The molecule has 0 spiro atoms. The molecule has 2 amide bonds. The van der Waals surface area contributed by atoms with Gasteiger partial charge in [0.1, 0.15) is 40.3 Å². The predicted molar refractivity (Wildman–Crippen MR) is 159 cm³/mol. The van der Waals surface area contributed by atoms with Crippen LogP contribution in [0.4, 0.5) is 8.78 Å². The maximum atomic E-state index is 16.5. The second-order valence-electron chi connectivity index (χ2n) is 10.2. The normalized spacial score (nSPS) is 12.0. The number of rotatable bonds is 7. The number of nitrogens with one attached hydrogen (secondary N) is 2. The van der Waals surface area contributed by atoms with Crippen LogP contribution in [0.3, 0.4) is 0 Å². The fourth-order valence-electron chi connectivity index (χ4n) is 5.14. The van der Waals surface area contributed by atoms with Crippen molar-refractivity contribution in [3.05, 3.63) is 101 Å². The lowest BCUT2D eigenvalue weighted by atomic mass is 9.94. The van der Waals surface area contributed by atoms with Gasteiger partial charge in [0.05, 0.1) is 29.8 Å². The van der Waals surface area contributed by atoms with Gasteiger partial charge in [0, 0.05) is 24.4 Å². The molecule has 0 aliphatic carbocycles. The summed E-state index contributed by atoms with van der Waals surface area (Å²) in [4.78, 5) is 35.0. The van der Waals surface area contributed by atoms with Crippen molar-refractivity contribution in [1.82, 2.24) is 20.6 Å². The molecule has 3 heterocycles. The number of fused-ring (bicyclic) bond motifs is 2. The lowest BCUT2D eigenvalue weighted by Crippen LogP contribution is -2.27. The van der Waals surface area contributed by atoms with Crippen molar-refractivity contribution in [2.45, 2.75) is 19.9 Å². The van der Waals surface area contributed by atoms with E-state index >= 15 is 4.39 Å². The third-order valence-electron chi connectivity index (χ3n) is 7.36. The topological polar surface area (TPSA) is 119 Å². The highest BCUT2D eigenvalue weighted by Crippen LogP contribution is 2.40. The Balaban J connectivity index is 1.43.